The highest BCUT2D eigenvalue weighted by Crippen LogP contribution is 2.32. The van der Waals surface area contributed by atoms with Crippen LogP contribution >= 0.6 is 0 Å². The van der Waals surface area contributed by atoms with Gasteiger partial charge in [-0.25, -0.2) is 9.18 Å². The maximum atomic E-state index is 15.4. The van der Waals surface area contributed by atoms with E-state index in [1.54, 1.807) is 47.3 Å². The molecule has 13 heteroatoms. The third-order valence-electron chi connectivity index (χ3n) is 7.44. The Morgan fingerprint density at radius 2 is 1.85 bits per heavy atom. The van der Waals surface area contributed by atoms with Gasteiger partial charge in [-0.1, -0.05) is 6.07 Å². The van der Waals surface area contributed by atoms with Gasteiger partial charge < -0.3 is 9.15 Å². The number of benzene rings is 1. The molecule has 0 spiro atoms. The normalized spacial score (nSPS) is 16.5. The Hall–Kier alpha value is -4.36. The number of hydrogen-bond acceptors (Lipinski definition) is 8. The molecular weight excluding hydrogens is 527 g/mol. The number of pyridine rings is 2. The largest absolute Gasteiger partial charge is 0.415 e. The fourth-order valence-corrected chi connectivity index (χ4v) is 5.17. The Morgan fingerprint density at radius 3 is 2.50 bits per heavy atom. The molecule has 10 nitrogen and oxygen atoms in total. The Labute approximate surface area is 224 Å². The SMILES string of the molecule is O=c1n(Cc2ccc(-c3nnc(C(F)F)o3)cn2)c2cc(F)c(-c3cccnc3)cc2n1C1CN(C2COC2)C1. The van der Waals surface area contributed by atoms with E-state index in [1.165, 1.54) is 16.8 Å². The summed E-state index contributed by atoms with van der Waals surface area (Å²) in [5.41, 5.74) is 2.66. The Balaban J connectivity index is 1.25. The zero-order chi connectivity index (χ0) is 27.4. The fourth-order valence-electron chi connectivity index (χ4n) is 5.17. The molecule has 4 aromatic heterocycles. The lowest BCUT2D eigenvalue weighted by atomic mass is 10.0. The van der Waals surface area contributed by atoms with Crippen LogP contribution in [-0.2, 0) is 11.3 Å². The second-order valence-electron chi connectivity index (χ2n) is 9.88. The zero-order valence-corrected chi connectivity index (χ0v) is 21.0. The van der Waals surface area contributed by atoms with E-state index in [9.17, 15) is 13.6 Å². The molecule has 2 saturated heterocycles. The van der Waals surface area contributed by atoms with Crippen molar-refractivity contribution in [1.29, 1.82) is 0 Å². The average molecular weight is 550 g/mol. The first-order valence-corrected chi connectivity index (χ1v) is 12.7. The molecule has 1 aromatic carbocycles. The minimum Gasteiger partial charge on any atom is -0.415 e. The summed E-state index contributed by atoms with van der Waals surface area (Å²) >= 11 is 0. The van der Waals surface area contributed by atoms with Gasteiger partial charge in [-0.05, 0) is 24.3 Å². The molecule has 0 aliphatic carbocycles. The van der Waals surface area contributed by atoms with Crippen molar-refractivity contribution in [3.8, 4) is 22.6 Å². The highest BCUT2D eigenvalue weighted by Gasteiger charge is 2.38. The van der Waals surface area contributed by atoms with Crippen LogP contribution in [0.4, 0.5) is 13.2 Å². The van der Waals surface area contributed by atoms with Crippen molar-refractivity contribution in [2.24, 2.45) is 0 Å². The number of ether oxygens (including phenoxy) is 1. The summed E-state index contributed by atoms with van der Waals surface area (Å²) in [5.74, 6) is -1.33. The van der Waals surface area contributed by atoms with Crippen molar-refractivity contribution >= 4 is 11.0 Å². The highest BCUT2D eigenvalue weighted by molar-refractivity contribution is 5.83. The van der Waals surface area contributed by atoms with Crippen molar-refractivity contribution < 1.29 is 22.3 Å². The number of halogens is 3. The third kappa shape index (κ3) is 4.18. The molecule has 0 N–H and O–H groups in total. The topological polar surface area (TPSA) is 104 Å². The van der Waals surface area contributed by atoms with E-state index >= 15 is 4.39 Å². The smallest absolute Gasteiger partial charge is 0.329 e. The van der Waals surface area contributed by atoms with Crippen molar-refractivity contribution in [2.75, 3.05) is 26.3 Å². The first kappa shape index (κ1) is 24.7. The number of nitrogens with zero attached hydrogens (tertiary/aromatic N) is 7. The molecule has 5 aromatic rings. The summed E-state index contributed by atoms with van der Waals surface area (Å²) in [6, 6.07) is 10.1. The second-order valence-corrected chi connectivity index (χ2v) is 9.88. The Kier molecular flexibility index (Phi) is 5.97. The quantitative estimate of drug-likeness (QED) is 0.303. The second kappa shape index (κ2) is 9.68. The molecule has 0 bridgehead atoms. The highest BCUT2D eigenvalue weighted by atomic mass is 19.3. The number of rotatable bonds is 7. The van der Waals surface area contributed by atoms with Gasteiger partial charge in [0.25, 0.3) is 5.89 Å². The van der Waals surface area contributed by atoms with Gasteiger partial charge in [-0.15, -0.1) is 10.2 Å². The minimum absolute atomic E-state index is 0.0686. The lowest BCUT2D eigenvalue weighted by molar-refractivity contribution is -0.0983. The molecule has 7 rings (SSSR count). The molecule has 0 saturated carbocycles. The summed E-state index contributed by atoms with van der Waals surface area (Å²) < 4.78 is 54.6. The van der Waals surface area contributed by atoms with Gasteiger partial charge >= 0.3 is 12.1 Å². The van der Waals surface area contributed by atoms with Crippen molar-refractivity contribution in [1.82, 2.24) is 34.2 Å². The molecule has 0 unspecified atom stereocenters. The monoisotopic (exact) mass is 549 g/mol. The predicted molar refractivity (Wildman–Crippen MR) is 136 cm³/mol. The van der Waals surface area contributed by atoms with Gasteiger partial charge in [-0.3, -0.25) is 24.0 Å². The Bertz CT molecular complexity index is 1740. The van der Waals surface area contributed by atoms with Crippen LogP contribution in [0, 0.1) is 5.82 Å². The van der Waals surface area contributed by atoms with Crippen LogP contribution in [0.1, 0.15) is 24.1 Å². The third-order valence-corrected chi connectivity index (χ3v) is 7.44. The number of hydrogen-bond donors (Lipinski definition) is 0. The van der Waals surface area contributed by atoms with Gasteiger partial charge in [0, 0.05) is 48.9 Å². The van der Waals surface area contributed by atoms with Gasteiger partial charge in [-0.2, -0.15) is 8.78 Å². The number of likely N-dealkylation sites (tertiary alicyclic amines) is 1. The number of alkyl halides is 2. The van der Waals surface area contributed by atoms with E-state index in [0.29, 0.717) is 65.8 Å². The number of aromatic nitrogens is 6. The molecule has 0 atom stereocenters. The van der Waals surface area contributed by atoms with Crippen LogP contribution in [0.5, 0.6) is 0 Å². The standard InChI is InChI=1S/C27H22F3N7O3/c28-21-7-22-23(6-20(21)15-2-1-5-31-8-15)37(18-11-35(12-18)19-13-39-14-19)27(38)36(22)10-17-4-3-16(9-32-17)25-33-34-26(40-25)24(29)30/h1-9,18-19,24H,10-14H2. The van der Waals surface area contributed by atoms with E-state index in [2.05, 4.69) is 25.1 Å². The van der Waals surface area contributed by atoms with Crippen LogP contribution < -0.4 is 5.69 Å². The summed E-state index contributed by atoms with van der Waals surface area (Å²) in [7, 11) is 0. The van der Waals surface area contributed by atoms with Crippen molar-refractivity contribution in [2.45, 2.75) is 25.1 Å². The summed E-state index contributed by atoms with van der Waals surface area (Å²) in [6.07, 6.45) is 1.74. The van der Waals surface area contributed by atoms with E-state index in [0.717, 1.165) is 0 Å². The zero-order valence-electron chi connectivity index (χ0n) is 21.0. The van der Waals surface area contributed by atoms with Gasteiger partial charge in [0.15, 0.2) is 0 Å². The van der Waals surface area contributed by atoms with Crippen molar-refractivity contribution in [3.63, 3.8) is 0 Å². The van der Waals surface area contributed by atoms with Crippen LogP contribution in [0.3, 0.4) is 0 Å². The van der Waals surface area contributed by atoms with Crippen LogP contribution in [0.15, 0.2) is 64.2 Å². The number of fused-ring (bicyclic) bond motifs is 1. The maximum absolute atomic E-state index is 15.4. The predicted octanol–water partition coefficient (Wildman–Crippen LogP) is 3.69. The first-order valence-electron chi connectivity index (χ1n) is 12.7. The summed E-state index contributed by atoms with van der Waals surface area (Å²) in [4.78, 5) is 24.6. The molecule has 2 aliphatic rings. The van der Waals surface area contributed by atoms with Gasteiger partial charge in [0.1, 0.15) is 5.82 Å². The molecule has 40 heavy (non-hydrogen) atoms. The lowest BCUT2D eigenvalue weighted by Gasteiger charge is -2.47. The van der Waals surface area contributed by atoms with E-state index in [4.69, 9.17) is 9.15 Å². The lowest BCUT2D eigenvalue weighted by Crippen LogP contribution is -2.60. The van der Waals surface area contributed by atoms with E-state index in [1.807, 2.05) is 0 Å². The molecular formula is C27H22F3N7O3. The van der Waals surface area contributed by atoms with Gasteiger partial charge in [0.05, 0.1) is 54.1 Å². The summed E-state index contributed by atoms with van der Waals surface area (Å²) in [6.45, 7) is 2.85. The molecule has 204 valence electrons. The number of imidazole rings is 1. The molecule has 2 aliphatic heterocycles. The molecule has 2 fully saturated rings. The summed E-state index contributed by atoms with van der Waals surface area (Å²) in [5, 5.41) is 6.96. The molecule has 0 radical (unpaired) electrons. The average Bonchev–Trinajstić information content (AvgIpc) is 3.50. The maximum Gasteiger partial charge on any atom is 0.329 e. The van der Waals surface area contributed by atoms with E-state index in [-0.39, 0.29) is 24.2 Å². The molecule has 0 amide bonds. The van der Waals surface area contributed by atoms with Crippen molar-refractivity contribution in [3.05, 3.63) is 82.9 Å². The van der Waals surface area contributed by atoms with E-state index < -0.39 is 18.1 Å². The van der Waals surface area contributed by atoms with Crippen LogP contribution in [-0.4, -0.2) is 66.5 Å². The first-order chi connectivity index (χ1) is 19.5. The van der Waals surface area contributed by atoms with Crippen LogP contribution in [0.2, 0.25) is 0 Å². The fraction of sp³-hybridized carbons (Fsp3) is 0.296. The minimum atomic E-state index is -2.87. The van der Waals surface area contributed by atoms with Crippen LogP contribution in [0.25, 0.3) is 33.6 Å². The molecule has 6 heterocycles. The Morgan fingerprint density at radius 1 is 1.00 bits per heavy atom. The van der Waals surface area contributed by atoms with Gasteiger partial charge in [0.2, 0.25) is 5.89 Å².